The number of rotatable bonds is 5. The maximum absolute atomic E-state index is 12.7. The van der Waals surface area contributed by atoms with Crippen LogP contribution in [0.1, 0.15) is 6.92 Å². The van der Waals surface area contributed by atoms with E-state index in [4.69, 9.17) is 18.6 Å². The molecule has 0 bridgehead atoms. The molecule has 0 N–H and O–H groups in total. The Morgan fingerprint density at radius 1 is 1.00 bits per heavy atom. The van der Waals surface area contributed by atoms with Crippen LogP contribution in [0.25, 0.3) is 22.3 Å². The standard InChI is InChI=1S/C19H18O5/c1-4-23-19-17(20)13-7-5-6-8-14(13)24-18(19)12-9-10-15(21-2)16(11-12)22-3/h5-11H,4H2,1-3H3. The van der Waals surface area contributed by atoms with E-state index in [-0.39, 0.29) is 11.2 Å². The largest absolute Gasteiger partial charge is 0.493 e. The highest BCUT2D eigenvalue weighted by atomic mass is 16.5. The molecule has 0 fully saturated rings. The van der Waals surface area contributed by atoms with Crippen LogP contribution in [0.2, 0.25) is 0 Å². The number of ether oxygens (including phenoxy) is 3. The minimum absolute atomic E-state index is 0.191. The Labute approximate surface area is 139 Å². The molecule has 0 atom stereocenters. The van der Waals surface area contributed by atoms with E-state index in [1.54, 1.807) is 50.6 Å². The van der Waals surface area contributed by atoms with Crippen molar-refractivity contribution in [2.75, 3.05) is 20.8 Å². The molecule has 124 valence electrons. The summed E-state index contributed by atoms with van der Waals surface area (Å²) in [5.41, 5.74) is 0.998. The van der Waals surface area contributed by atoms with Crippen molar-refractivity contribution in [1.82, 2.24) is 0 Å². The van der Waals surface area contributed by atoms with Gasteiger partial charge >= 0.3 is 0 Å². The maximum atomic E-state index is 12.7. The fourth-order valence-corrected chi connectivity index (χ4v) is 2.57. The van der Waals surface area contributed by atoms with Crippen molar-refractivity contribution >= 4 is 11.0 Å². The molecule has 0 saturated heterocycles. The molecule has 0 aliphatic rings. The van der Waals surface area contributed by atoms with Crippen molar-refractivity contribution in [2.45, 2.75) is 6.92 Å². The molecule has 0 unspecified atom stereocenters. The number of methoxy groups -OCH3 is 2. The summed E-state index contributed by atoms with van der Waals surface area (Å²) < 4.78 is 22.1. The first-order valence-corrected chi connectivity index (χ1v) is 7.60. The molecule has 24 heavy (non-hydrogen) atoms. The summed E-state index contributed by atoms with van der Waals surface area (Å²) in [4.78, 5) is 12.7. The Balaban J connectivity index is 2.28. The quantitative estimate of drug-likeness (QED) is 0.712. The van der Waals surface area contributed by atoms with E-state index in [1.165, 1.54) is 0 Å². The first-order chi connectivity index (χ1) is 11.7. The van der Waals surface area contributed by atoms with Gasteiger partial charge in [-0.15, -0.1) is 0 Å². The summed E-state index contributed by atoms with van der Waals surface area (Å²) in [6, 6.07) is 12.4. The van der Waals surface area contributed by atoms with E-state index >= 15 is 0 Å². The lowest BCUT2D eigenvalue weighted by Gasteiger charge is -2.12. The minimum atomic E-state index is -0.191. The van der Waals surface area contributed by atoms with Gasteiger partial charge in [0.25, 0.3) is 0 Å². The van der Waals surface area contributed by atoms with Crippen LogP contribution in [0, 0.1) is 0 Å². The van der Waals surface area contributed by atoms with Crippen molar-refractivity contribution in [3.05, 3.63) is 52.7 Å². The fourth-order valence-electron chi connectivity index (χ4n) is 2.57. The van der Waals surface area contributed by atoms with Gasteiger partial charge < -0.3 is 18.6 Å². The molecule has 1 aromatic heterocycles. The van der Waals surface area contributed by atoms with Gasteiger partial charge in [-0.3, -0.25) is 4.79 Å². The predicted molar refractivity (Wildman–Crippen MR) is 92.2 cm³/mol. The first-order valence-electron chi connectivity index (χ1n) is 7.60. The van der Waals surface area contributed by atoms with Crippen LogP contribution in [0.4, 0.5) is 0 Å². The third-order valence-corrected chi connectivity index (χ3v) is 3.69. The number of hydrogen-bond donors (Lipinski definition) is 0. The Kier molecular flexibility index (Phi) is 4.42. The lowest BCUT2D eigenvalue weighted by molar-refractivity contribution is 0.330. The van der Waals surface area contributed by atoms with E-state index in [1.807, 2.05) is 13.0 Å². The Bertz CT molecular complexity index is 927. The predicted octanol–water partition coefficient (Wildman–Crippen LogP) is 3.88. The number of hydrogen-bond acceptors (Lipinski definition) is 5. The number of fused-ring (bicyclic) bond motifs is 1. The van der Waals surface area contributed by atoms with E-state index in [0.29, 0.717) is 40.4 Å². The molecule has 0 aliphatic heterocycles. The summed E-state index contributed by atoms with van der Waals surface area (Å²) in [7, 11) is 3.13. The van der Waals surface area contributed by atoms with Crippen LogP contribution < -0.4 is 19.6 Å². The second-order valence-corrected chi connectivity index (χ2v) is 5.09. The topological polar surface area (TPSA) is 57.9 Å². The molecule has 5 heteroatoms. The van der Waals surface area contributed by atoms with Crippen LogP contribution in [-0.4, -0.2) is 20.8 Å². The van der Waals surface area contributed by atoms with Gasteiger partial charge in [-0.1, -0.05) is 12.1 Å². The zero-order valence-electron chi connectivity index (χ0n) is 13.8. The normalized spacial score (nSPS) is 10.6. The molecular weight excluding hydrogens is 308 g/mol. The third kappa shape index (κ3) is 2.69. The van der Waals surface area contributed by atoms with Crippen LogP contribution >= 0.6 is 0 Å². The SMILES string of the molecule is CCOc1c(-c2ccc(OC)c(OC)c2)oc2ccccc2c1=O. The maximum Gasteiger partial charge on any atom is 0.235 e. The highest BCUT2D eigenvalue weighted by Gasteiger charge is 2.18. The molecule has 0 spiro atoms. The Hall–Kier alpha value is -2.95. The van der Waals surface area contributed by atoms with Gasteiger partial charge in [0.1, 0.15) is 5.58 Å². The van der Waals surface area contributed by atoms with Gasteiger partial charge in [0.15, 0.2) is 17.3 Å². The smallest absolute Gasteiger partial charge is 0.235 e. The molecule has 0 radical (unpaired) electrons. The van der Waals surface area contributed by atoms with Crippen LogP contribution in [-0.2, 0) is 0 Å². The lowest BCUT2D eigenvalue weighted by atomic mass is 10.1. The second-order valence-electron chi connectivity index (χ2n) is 5.09. The summed E-state index contributed by atoms with van der Waals surface area (Å²) >= 11 is 0. The fraction of sp³-hybridized carbons (Fsp3) is 0.211. The second kappa shape index (κ2) is 6.66. The molecule has 3 rings (SSSR count). The average Bonchev–Trinajstić information content (AvgIpc) is 2.63. The minimum Gasteiger partial charge on any atom is -0.493 e. The van der Waals surface area contributed by atoms with E-state index in [0.717, 1.165) is 0 Å². The lowest BCUT2D eigenvalue weighted by Crippen LogP contribution is -2.09. The zero-order chi connectivity index (χ0) is 17.1. The van der Waals surface area contributed by atoms with Gasteiger partial charge in [0.05, 0.1) is 26.2 Å². The average molecular weight is 326 g/mol. The van der Waals surface area contributed by atoms with E-state index < -0.39 is 0 Å². The van der Waals surface area contributed by atoms with Crippen LogP contribution in [0.5, 0.6) is 17.2 Å². The van der Waals surface area contributed by atoms with Gasteiger partial charge in [-0.25, -0.2) is 0 Å². The molecule has 0 aliphatic carbocycles. The van der Waals surface area contributed by atoms with Gasteiger partial charge in [0.2, 0.25) is 11.2 Å². The van der Waals surface area contributed by atoms with E-state index in [9.17, 15) is 4.79 Å². The monoisotopic (exact) mass is 326 g/mol. The van der Waals surface area contributed by atoms with Gasteiger partial charge in [-0.2, -0.15) is 0 Å². The summed E-state index contributed by atoms with van der Waals surface area (Å²) in [6.45, 7) is 2.19. The third-order valence-electron chi connectivity index (χ3n) is 3.69. The molecule has 5 nitrogen and oxygen atoms in total. The Morgan fingerprint density at radius 2 is 1.75 bits per heavy atom. The Morgan fingerprint density at radius 3 is 2.46 bits per heavy atom. The van der Waals surface area contributed by atoms with Crippen molar-refractivity contribution in [1.29, 1.82) is 0 Å². The van der Waals surface area contributed by atoms with Crippen LogP contribution in [0.3, 0.4) is 0 Å². The summed E-state index contributed by atoms with van der Waals surface area (Å²) in [6.07, 6.45) is 0. The number of benzene rings is 2. The highest BCUT2D eigenvalue weighted by molar-refractivity contribution is 5.82. The molecule has 0 amide bonds. The zero-order valence-corrected chi connectivity index (χ0v) is 13.8. The van der Waals surface area contributed by atoms with Crippen molar-refractivity contribution < 1.29 is 18.6 Å². The van der Waals surface area contributed by atoms with Gasteiger partial charge in [-0.05, 0) is 37.3 Å². The molecular formula is C19H18O5. The van der Waals surface area contributed by atoms with Crippen molar-refractivity contribution in [3.8, 4) is 28.6 Å². The van der Waals surface area contributed by atoms with Crippen molar-refractivity contribution in [2.24, 2.45) is 0 Å². The summed E-state index contributed by atoms with van der Waals surface area (Å²) in [5, 5.41) is 0.491. The van der Waals surface area contributed by atoms with E-state index in [2.05, 4.69) is 0 Å². The van der Waals surface area contributed by atoms with Gasteiger partial charge in [0, 0.05) is 5.56 Å². The molecule has 3 aromatic rings. The number of para-hydroxylation sites is 1. The molecule has 0 saturated carbocycles. The van der Waals surface area contributed by atoms with Crippen LogP contribution in [0.15, 0.2) is 51.7 Å². The molecule has 1 heterocycles. The molecule has 2 aromatic carbocycles. The summed E-state index contributed by atoms with van der Waals surface area (Å²) in [5.74, 6) is 1.72. The first kappa shape index (κ1) is 15.9. The highest BCUT2D eigenvalue weighted by Crippen LogP contribution is 2.36. The van der Waals surface area contributed by atoms with Crippen molar-refractivity contribution in [3.63, 3.8) is 0 Å².